The Morgan fingerprint density at radius 2 is 2.00 bits per heavy atom. The van der Waals surface area contributed by atoms with Gasteiger partial charge >= 0.3 is 0 Å². The molecule has 0 saturated carbocycles. The maximum atomic E-state index is 5.60. The average molecular weight is 335 g/mol. The maximum absolute atomic E-state index is 5.60. The van der Waals surface area contributed by atoms with E-state index in [2.05, 4.69) is 41.9 Å². The number of rotatable bonds is 5. The van der Waals surface area contributed by atoms with E-state index < -0.39 is 0 Å². The summed E-state index contributed by atoms with van der Waals surface area (Å²) >= 11 is 3.38. The Bertz CT molecular complexity index is 698. The van der Waals surface area contributed by atoms with Crippen LogP contribution in [-0.4, -0.2) is 38.4 Å². The van der Waals surface area contributed by atoms with Crippen LogP contribution in [-0.2, 0) is 0 Å². The standard InChI is InChI=1S/C12H11BrN6O/c13-9-1-3-10(4-2-9)20-8-7-14-11-5-6-12-15-17-18-19(12)16-11/h1-6H,7-8H2,(H,14,16). The van der Waals surface area contributed by atoms with E-state index in [0.29, 0.717) is 24.6 Å². The van der Waals surface area contributed by atoms with Gasteiger partial charge in [-0.3, -0.25) is 0 Å². The molecule has 3 aromatic rings. The van der Waals surface area contributed by atoms with Gasteiger partial charge in [0, 0.05) is 4.47 Å². The first kappa shape index (κ1) is 12.8. The van der Waals surface area contributed by atoms with Gasteiger partial charge in [0.05, 0.1) is 6.54 Å². The fraction of sp³-hybridized carbons (Fsp3) is 0.167. The summed E-state index contributed by atoms with van der Waals surface area (Å²) in [4.78, 5) is 0. The normalized spacial score (nSPS) is 10.7. The van der Waals surface area contributed by atoms with E-state index in [1.165, 1.54) is 4.63 Å². The number of nitrogens with one attached hydrogen (secondary N) is 1. The van der Waals surface area contributed by atoms with Crippen LogP contribution in [0.4, 0.5) is 5.82 Å². The Labute approximate surface area is 123 Å². The molecule has 102 valence electrons. The summed E-state index contributed by atoms with van der Waals surface area (Å²) in [6.07, 6.45) is 0. The van der Waals surface area contributed by atoms with E-state index in [1.54, 1.807) is 6.07 Å². The van der Waals surface area contributed by atoms with Crippen LogP contribution >= 0.6 is 15.9 Å². The summed E-state index contributed by atoms with van der Waals surface area (Å²) in [5, 5.41) is 18.4. The van der Waals surface area contributed by atoms with Gasteiger partial charge < -0.3 is 10.1 Å². The van der Waals surface area contributed by atoms with Crippen LogP contribution in [0.25, 0.3) is 5.65 Å². The zero-order chi connectivity index (χ0) is 13.8. The van der Waals surface area contributed by atoms with E-state index in [9.17, 15) is 0 Å². The van der Waals surface area contributed by atoms with Crippen molar-refractivity contribution in [3.63, 3.8) is 0 Å². The molecule has 2 aromatic heterocycles. The van der Waals surface area contributed by atoms with E-state index in [-0.39, 0.29) is 0 Å². The van der Waals surface area contributed by atoms with Crippen molar-refractivity contribution in [2.75, 3.05) is 18.5 Å². The molecular formula is C12H11BrN6O. The third-order valence-electron chi connectivity index (χ3n) is 2.56. The number of aromatic nitrogens is 5. The van der Waals surface area contributed by atoms with Crippen LogP contribution in [0, 0.1) is 0 Å². The molecule has 8 heteroatoms. The van der Waals surface area contributed by atoms with Crippen molar-refractivity contribution in [3.05, 3.63) is 40.9 Å². The number of fused-ring (bicyclic) bond motifs is 1. The van der Waals surface area contributed by atoms with Gasteiger partial charge in [0.25, 0.3) is 0 Å². The molecule has 0 spiro atoms. The SMILES string of the molecule is Brc1ccc(OCCNc2ccc3nnnn3n2)cc1. The summed E-state index contributed by atoms with van der Waals surface area (Å²) in [5.74, 6) is 1.53. The Kier molecular flexibility index (Phi) is 3.73. The fourth-order valence-corrected chi connectivity index (χ4v) is 1.89. The molecule has 1 N–H and O–H groups in total. The van der Waals surface area contributed by atoms with Crippen LogP contribution in [0.2, 0.25) is 0 Å². The summed E-state index contributed by atoms with van der Waals surface area (Å²) in [7, 11) is 0. The van der Waals surface area contributed by atoms with Gasteiger partial charge in [0.15, 0.2) is 5.65 Å². The molecule has 0 aliphatic carbocycles. The minimum atomic E-state index is 0.539. The molecule has 0 unspecified atom stereocenters. The Hall–Kier alpha value is -2.22. The van der Waals surface area contributed by atoms with Crippen molar-refractivity contribution >= 4 is 27.4 Å². The zero-order valence-electron chi connectivity index (χ0n) is 10.4. The summed E-state index contributed by atoms with van der Waals surface area (Å²) in [6.45, 7) is 1.17. The van der Waals surface area contributed by atoms with Crippen molar-refractivity contribution in [1.29, 1.82) is 0 Å². The number of nitrogens with zero attached hydrogens (tertiary/aromatic N) is 5. The van der Waals surface area contributed by atoms with Crippen molar-refractivity contribution in [3.8, 4) is 5.75 Å². The molecule has 7 nitrogen and oxygen atoms in total. The van der Waals surface area contributed by atoms with E-state index in [0.717, 1.165) is 10.2 Å². The zero-order valence-corrected chi connectivity index (χ0v) is 12.0. The minimum absolute atomic E-state index is 0.539. The lowest BCUT2D eigenvalue weighted by molar-refractivity contribution is 0.332. The van der Waals surface area contributed by atoms with Gasteiger partial charge in [0.1, 0.15) is 18.2 Å². The number of hydrogen-bond acceptors (Lipinski definition) is 6. The van der Waals surface area contributed by atoms with Gasteiger partial charge in [-0.05, 0) is 46.8 Å². The van der Waals surface area contributed by atoms with Crippen molar-refractivity contribution in [2.45, 2.75) is 0 Å². The van der Waals surface area contributed by atoms with Crippen molar-refractivity contribution < 1.29 is 4.74 Å². The van der Waals surface area contributed by atoms with E-state index >= 15 is 0 Å². The van der Waals surface area contributed by atoms with Crippen molar-refractivity contribution in [1.82, 2.24) is 25.3 Å². The first-order valence-corrected chi connectivity index (χ1v) is 6.78. The molecular weight excluding hydrogens is 324 g/mol. The molecule has 2 heterocycles. The lowest BCUT2D eigenvalue weighted by atomic mass is 10.3. The number of anilines is 1. The van der Waals surface area contributed by atoms with E-state index in [4.69, 9.17) is 4.74 Å². The van der Waals surface area contributed by atoms with Crippen LogP contribution < -0.4 is 10.1 Å². The monoisotopic (exact) mass is 334 g/mol. The van der Waals surface area contributed by atoms with Gasteiger partial charge in [0.2, 0.25) is 0 Å². The van der Waals surface area contributed by atoms with Crippen LogP contribution in [0.15, 0.2) is 40.9 Å². The maximum Gasteiger partial charge on any atom is 0.200 e. The van der Waals surface area contributed by atoms with Crippen LogP contribution in [0.1, 0.15) is 0 Å². The summed E-state index contributed by atoms with van der Waals surface area (Å²) in [5.41, 5.74) is 0.613. The van der Waals surface area contributed by atoms with Crippen LogP contribution in [0.3, 0.4) is 0 Å². The molecule has 0 aliphatic heterocycles. The first-order valence-electron chi connectivity index (χ1n) is 5.99. The molecule has 0 radical (unpaired) electrons. The highest BCUT2D eigenvalue weighted by Crippen LogP contribution is 2.15. The smallest absolute Gasteiger partial charge is 0.200 e. The topological polar surface area (TPSA) is 77.2 Å². The third-order valence-corrected chi connectivity index (χ3v) is 3.09. The summed E-state index contributed by atoms with van der Waals surface area (Å²) < 4.78 is 8.00. The van der Waals surface area contributed by atoms with Gasteiger partial charge in [-0.15, -0.1) is 14.8 Å². The summed E-state index contributed by atoms with van der Waals surface area (Å²) in [6, 6.07) is 11.3. The Morgan fingerprint density at radius 1 is 1.15 bits per heavy atom. The molecule has 0 amide bonds. The number of halogens is 1. The van der Waals surface area contributed by atoms with Crippen molar-refractivity contribution in [2.24, 2.45) is 0 Å². The average Bonchev–Trinajstić information content (AvgIpc) is 2.93. The number of benzene rings is 1. The quantitative estimate of drug-likeness (QED) is 0.716. The molecule has 3 rings (SSSR count). The van der Waals surface area contributed by atoms with Gasteiger partial charge in [-0.25, -0.2) is 0 Å². The van der Waals surface area contributed by atoms with E-state index in [1.807, 2.05) is 30.3 Å². The highest BCUT2D eigenvalue weighted by Gasteiger charge is 2.00. The number of hydrogen-bond donors (Lipinski definition) is 1. The highest BCUT2D eigenvalue weighted by atomic mass is 79.9. The van der Waals surface area contributed by atoms with Gasteiger partial charge in [-0.1, -0.05) is 15.9 Å². The molecule has 1 aromatic carbocycles. The Morgan fingerprint density at radius 3 is 2.85 bits per heavy atom. The largest absolute Gasteiger partial charge is 0.492 e. The predicted molar refractivity (Wildman–Crippen MR) is 76.7 cm³/mol. The lowest BCUT2D eigenvalue weighted by Gasteiger charge is -2.07. The number of ether oxygens (including phenoxy) is 1. The fourth-order valence-electron chi connectivity index (χ4n) is 1.62. The molecule has 0 saturated heterocycles. The first-order chi connectivity index (χ1) is 9.81. The molecule has 20 heavy (non-hydrogen) atoms. The third kappa shape index (κ3) is 3.02. The minimum Gasteiger partial charge on any atom is -0.492 e. The lowest BCUT2D eigenvalue weighted by Crippen LogP contribution is -2.13. The predicted octanol–water partition coefficient (Wildman–Crippen LogP) is 1.77. The Balaban J connectivity index is 1.50. The highest BCUT2D eigenvalue weighted by molar-refractivity contribution is 9.10. The number of tetrazole rings is 1. The molecule has 0 fully saturated rings. The van der Waals surface area contributed by atoms with Crippen LogP contribution in [0.5, 0.6) is 5.75 Å². The second-order valence-corrected chi connectivity index (χ2v) is 4.89. The second-order valence-electron chi connectivity index (χ2n) is 3.97. The molecule has 0 aliphatic rings. The molecule has 0 bridgehead atoms. The molecule has 0 atom stereocenters. The van der Waals surface area contributed by atoms with Gasteiger partial charge in [-0.2, -0.15) is 0 Å². The second kappa shape index (κ2) is 5.83.